The van der Waals surface area contributed by atoms with Gasteiger partial charge in [-0.15, -0.1) is 0 Å². The summed E-state index contributed by atoms with van der Waals surface area (Å²) in [4.78, 5) is 18.8. The van der Waals surface area contributed by atoms with Crippen LogP contribution in [0, 0.1) is 6.92 Å². The van der Waals surface area contributed by atoms with Gasteiger partial charge in [-0.2, -0.15) is 0 Å². The first-order valence-corrected chi connectivity index (χ1v) is 6.80. The van der Waals surface area contributed by atoms with E-state index in [4.69, 9.17) is 21.4 Å². The number of carboxylic acid groups (broad SMARTS) is 1. The lowest BCUT2D eigenvalue weighted by atomic mass is 10.0. The van der Waals surface area contributed by atoms with Crippen molar-refractivity contribution in [2.45, 2.75) is 26.7 Å². The van der Waals surface area contributed by atoms with Crippen molar-refractivity contribution >= 4 is 17.6 Å². The smallest absolute Gasteiger partial charge is 0.360 e. The van der Waals surface area contributed by atoms with Crippen molar-refractivity contribution in [3.05, 3.63) is 46.4 Å². The lowest BCUT2D eigenvalue weighted by molar-refractivity contribution is 0.0686. The molecule has 0 atom stereocenters. The topological polar surface area (TPSA) is 72.3 Å². The van der Waals surface area contributed by atoms with E-state index in [1.54, 1.807) is 6.07 Å². The van der Waals surface area contributed by atoms with Crippen molar-refractivity contribution in [3.63, 3.8) is 0 Å². The summed E-state index contributed by atoms with van der Waals surface area (Å²) in [6.45, 7) is 5.87. The molecule has 2 rings (SSSR count). The molecule has 0 saturated heterocycles. The Kier molecular flexibility index (Phi) is 4.43. The molecule has 1 heterocycles. The third-order valence-electron chi connectivity index (χ3n) is 2.99. The maximum atomic E-state index is 11.1. The molecule has 1 aromatic carbocycles. The summed E-state index contributed by atoms with van der Waals surface area (Å²) in [6, 6.07) is 3.60. The second kappa shape index (κ2) is 6.10. The molecule has 0 spiro atoms. The zero-order valence-corrected chi connectivity index (χ0v) is 12.7. The van der Waals surface area contributed by atoms with Crippen LogP contribution in [0.3, 0.4) is 0 Å². The van der Waals surface area contributed by atoms with Gasteiger partial charge in [-0.05, 0) is 36.1 Å². The molecule has 0 saturated carbocycles. The van der Waals surface area contributed by atoms with E-state index in [0.717, 1.165) is 11.1 Å². The van der Waals surface area contributed by atoms with Gasteiger partial charge in [0, 0.05) is 17.4 Å². The van der Waals surface area contributed by atoms with E-state index in [2.05, 4.69) is 9.97 Å². The fourth-order valence-electron chi connectivity index (χ4n) is 1.87. The molecule has 0 aliphatic rings. The fraction of sp³-hybridized carbons (Fsp3) is 0.267. The normalized spacial score (nSPS) is 10.7. The van der Waals surface area contributed by atoms with Crippen LogP contribution >= 0.6 is 11.6 Å². The Morgan fingerprint density at radius 2 is 1.95 bits per heavy atom. The minimum Gasteiger partial charge on any atom is -0.476 e. The highest BCUT2D eigenvalue weighted by molar-refractivity contribution is 6.31. The molecule has 0 bridgehead atoms. The van der Waals surface area contributed by atoms with Crippen molar-refractivity contribution in [1.82, 2.24) is 9.97 Å². The first-order chi connectivity index (χ1) is 9.90. The number of aryl methyl sites for hydroxylation is 1. The Morgan fingerprint density at radius 1 is 1.29 bits per heavy atom. The summed E-state index contributed by atoms with van der Waals surface area (Å²) in [7, 11) is 0. The molecule has 5 nitrogen and oxygen atoms in total. The minimum absolute atomic E-state index is 0.0369. The third kappa shape index (κ3) is 3.31. The molecule has 0 aliphatic carbocycles. The van der Waals surface area contributed by atoms with Gasteiger partial charge in [-0.3, -0.25) is 0 Å². The highest BCUT2D eigenvalue weighted by atomic mass is 35.5. The van der Waals surface area contributed by atoms with Crippen molar-refractivity contribution in [1.29, 1.82) is 0 Å². The van der Waals surface area contributed by atoms with Crippen LogP contribution in [0.1, 0.15) is 41.4 Å². The van der Waals surface area contributed by atoms with Crippen LogP contribution in [0.2, 0.25) is 5.02 Å². The van der Waals surface area contributed by atoms with Crippen LogP contribution in [-0.2, 0) is 0 Å². The Labute approximate surface area is 127 Å². The average molecular weight is 307 g/mol. The highest BCUT2D eigenvalue weighted by Gasteiger charge is 2.17. The van der Waals surface area contributed by atoms with Crippen LogP contribution in [0.4, 0.5) is 0 Å². The van der Waals surface area contributed by atoms with Gasteiger partial charge < -0.3 is 9.84 Å². The standard InChI is InChI=1S/C15H15ClN2O3/c1-8(2)10-7-12(9(3)6-11(10)16)21-14-13(15(19)20)17-4-5-18-14/h4-8H,1-3H3,(H,19,20). The molecule has 0 amide bonds. The quantitative estimate of drug-likeness (QED) is 0.922. The number of carboxylic acids is 1. The summed E-state index contributed by atoms with van der Waals surface area (Å²) in [5.41, 5.74) is 1.50. The number of carbonyl (C=O) groups is 1. The number of hydrogen-bond acceptors (Lipinski definition) is 4. The number of rotatable bonds is 4. The molecule has 1 aromatic heterocycles. The van der Waals surface area contributed by atoms with Gasteiger partial charge in [0.15, 0.2) is 0 Å². The van der Waals surface area contributed by atoms with Gasteiger partial charge in [0.25, 0.3) is 5.88 Å². The van der Waals surface area contributed by atoms with Gasteiger partial charge in [-0.1, -0.05) is 25.4 Å². The lowest BCUT2D eigenvalue weighted by Crippen LogP contribution is -2.05. The molecule has 0 radical (unpaired) electrons. The van der Waals surface area contributed by atoms with Crippen LogP contribution in [0.15, 0.2) is 24.5 Å². The monoisotopic (exact) mass is 306 g/mol. The number of halogens is 1. The number of benzene rings is 1. The molecular formula is C15H15ClN2O3. The zero-order valence-electron chi connectivity index (χ0n) is 11.9. The molecule has 0 aliphatic heterocycles. The fourth-order valence-corrected chi connectivity index (χ4v) is 2.31. The predicted molar refractivity (Wildman–Crippen MR) is 79.3 cm³/mol. The molecule has 1 N–H and O–H groups in total. The van der Waals surface area contributed by atoms with Gasteiger partial charge in [0.1, 0.15) is 5.75 Å². The molecule has 110 valence electrons. The van der Waals surface area contributed by atoms with Gasteiger partial charge in [0.2, 0.25) is 5.69 Å². The van der Waals surface area contributed by atoms with Crippen molar-refractivity contribution in [3.8, 4) is 11.6 Å². The van der Waals surface area contributed by atoms with Gasteiger partial charge in [-0.25, -0.2) is 14.8 Å². The first kappa shape index (κ1) is 15.3. The zero-order chi connectivity index (χ0) is 15.6. The van der Waals surface area contributed by atoms with Crippen LogP contribution in [-0.4, -0.2) is 21.0 Å². The molecular weight excluding hydrogens is 292 g/mol. The molecule has 6 heteroatoms. The van der Waals surface area contributed by atoms with E-state index < -0.39 is 5.97 Å². The Hall–Kier alpha value is -2.14. The predicted octanol–water partition coefficient (Wildman–Crippen LogP) is 4.05. The number of aromatic carboxylic acids is 1. The molecule has 0 fully saturated rings. The average Bonchev–Trinajstić information content (AvgIpc) is 2.41. The van der Waals surface area contributed by atoms with Crippen molar-refractivity contribution in [2.24, 2.45) is 0 Å². The van der Waals surface area contributed by atoms with Crippen molar-refractivity contribution in [2.75, 3.05) is 0 Å². The van der Waals surface area contributed by atoms with Crippen molar-refractivity contribution < 1.29 is 14.6 Å². The molecule has 2 aromatic rings. The molecule has 21 heavy (non-hydrogen) atoms. The van der Waals surface area contributed by atoms with E-state index in [1.807, 2.05) is 26.8 Å². The van der Waals surface area contributed by atoms with Crippen LogP contribution in [0.25, 0.3) is 0 Å². The van der Waals surface area contributed by atoms with Gasteiger partial charge >= 0.3 is 5.97 Å². The summed E-state index contributed by atoms with van der Waals surface area (Å²) in [5.74, 6) is -0.480. The highest BCUT2D eigenvalue weighted by Crippen LogP contribution is 2.33. The lowest BCUT2D eigenvalue weighted by Gasteiger charge is -2.14. The number of nitrogens with zero attached hydrogens (tertiary/aromatic N) is 2. The largest absolute Gasteiger partial charge is 0.476 e. The summed E-state index contributed by atoms with van der Waals surface area (Å²) in [5, 5.41) is 9.76. The van der Waals surface area contributed by atoms with Gasteiger partial charge in [0.05, 0.1) is 0 Å². The maximum absolute atomic E-state index is 11.1. The SMILES string of the molecule is Cc1cc(Cl)c(C(C)C)cc1Oc1nccnc1C(=O)O. The first-order valence-electron chi connectivity index (χ1n) is 6.42. The Balaban J connectivity index is 2.45. The summed E-state index contributed by atoms with van der Waals surface area (Å²) in [6.07, 6.45) is 2.70. The van der Waals surface area contributed by atoms with E-state index in [9.17, 15) is 4.79 Å². The van der Waals surface area contributed by atoms with E-state index in [0.29, 0.717) is 10.8 Å². The second-order valence-electron chi connectivity index (χ2n) is 4.91. The summed E-state index contributed by atoms with van der Waals surface area (Å²) >= 11 is 6.20. The van der Waals surface area contributed by atoms with E-state index in [-0.39, 0.29) is 17.5 Å². The maximum Gasteiger partial charge on any atom is 0.360 e. The second-order valence-corrected chi connectivity index (χ2v) is 5.32. The number of aromatic nitrogens is 2. The van der Waals surface area contributed by atoms with E-state index in [1.165, 1.54) is 12.4 Å². The Bertz CT molecular complexity index is 687. The van der Waals surface area contributed by atoms with Crippen LogP contribution < -0.4 is 4.74 Å². The molecule has 0 unspecified atom stereocenters. The summed E-state index contributed by atoms with van der Waals surface area (Å²) < 4.78 is 5.63. The van der Waals surface area contributed by atoms with E-state index >= 15 is 0 Å². The third-order valence-corrected chi connectivity index (χ3v) is 3.32. The Morgan fingerprint density at radius 3 is 2.57 bits per heavy atom. The number of hydrogen-bond donors (Lipinski definition) is 1. The number of ether oxygens (including phenoxy) is 1. The minimum atomic E-state index is -1.19. The van der Waals surface area contributed by atoms with Crippen LogP contribution in [0.5, 0.6) is 11.6 Å².